The van der Waals surface area contributed by atoms with Crippen LogP contribution >= 0.6 is 11.3 Å². The summed E-state index contributed by atoms with van der Waals surface area (Å²) in [5.41, 5.74) is -0.0149. The van der Waals surface area contributed by atoms with Crippen LogP contribution in [0.15, 0.2) is 29.9 Å². The summed E-state index contributed by atoms with van der Waals surface area (Å²) in [7, 11) is 0. The SMILES string of the molecule is Cc1cc(N2CC[C@@](O)(CNC(=O)Cc3cccs3)C2)ncn1. The maximum Gasteiger partial charge on any atom is 0.225 e. The van der Waals surface area contributed by atoms with Crippen molar-refractivity contribution in [2.45, 2.75) is 25.4 Å². The highest BCUT2D eigenvalue weighted by Crippen LogP contribution is 2.25. The molecule has 1 saturated heterocycles. The number of hydrogen-bond acceptors (Lipinski definition) is 6. The summed E-state index contributed by atoms with van der Waals surface area (Å²) in [5.74, 6) is 0.760. The van der Waals surface area contributed by atoms with Gasteiger partial charge in [0.25, 0.3) is 0 Å². The van der Waals surface area contributed by atoms with E-state index in [9.17, 15) is 9.90 Å². The van der Waals surface area contributed by atoms with E-state index >= 15 is 0 Å². The molecule has 7 heteroatoms. The summed E-state index contributed by atoms with van der Waals surface area (Å²) >= 11 is 1.56. The van der Waals surface area contributed by atoms with Gasteiger partial charge >= 0.3 is 0 Å². The van der Waals surface area contributed by atoms with E-state index in [1.54, 1.807) is 11.3 Å². The highest BCUT2D eigenvalue weighted by atomic mass is 32.1. The zero-order valence-corrected chi connectivity index (χ0v) is 13.8. The number of aliphatic hydroxyl groups is 1. The van der Waals surface area contributed by atoms with Crippen molar-refractivity contribution in [2.24, 2.45) is 0 Å². The maximum atomic E-state index is 12.0. The number of aryl methyl sites for hydroxylation is 1. The van der Waals surface area contributed by atoms with Gasteiger partial charge in [0.05, 0.1) is 6.42 Å². The molecule has 1 atom stereocenters. The van der Waals surface area contributed by atoms with Crippen LogP contribution in [0.1, 0.15) is 17.0 Å². The average molecular weight is 332 g/mol. The standard InChI is InChI=1S/C16H20N4O2S/c1-12-7-14(19-11-18-12)20-5-4-16(22,10-20)9-17-15(21)8-13-3-2-6-23-13/h2-3,6-7,11,22H,4-5,8-10H2,1H3,(H,17,21)/t16-/m1/s1. The molecule has 1 amide bonds. The number of nitrogens with zero attached hydrogens (tertiary/aromatic N) is 3. The number of nitrogens with one attached hydrogen (secondary N) is 1. The Morgan fingerprint density at radius 2 is 2.39 bits per heavy atom. The van der Waals surface area contributed by atoms with Crippen LogP contribution in [-0.2, 0) is 11.2 Å². The van der Waals surface area contributed by atoms with E-state index in [1.807, 2.05) is 35.4 Å². The minimum Gasteiger partial charge on any atom is -0.386 e. The first-order chi connectivity index (χ1) is 11.0. The molecule has 0 saturated carbocycles. The van der Waals surface area contributed by atoms with E-state index in [2.05, 4.69) is 15.3 Å². The second-order valence-electron chi connectivity index (χ2n) is 5.95. The molecule has 1 aliphatic rings. The van der Waals surface area contributed by atoms with Gasteiger partial charge in [-0.15, -0.1) is 11.3 Å². The largest absolute Gasteiger partial charge is 0.386 e. The van der Waals surface area contributed by atoms with Gasteiger partial charge in [0.2, 0.25) is 5.91 Å². The van der Waals surface area contributed by atoms with Crippen molar-refractivity contribution in [3.8, 4) is 0 Å². The van der Waals surface area contributed by atoms with Gasteiger partial charge in [-0.3, -0.25) is 4.79 Å². The first-order valence-electron chi connectivity index (χ1n) is 7.59. The van der Waals surface area contributed by atoms with Gasteiger partial charge in [0.1, 0.15) is 17.7 Å². The van der Waals surface area contributed by atoms with Crippen molar-refractivity contribution in [1.82, 2.24) is 15.3 Å². The van der Waals surface area contributed by atoms with Gasteiger partial charge in [0, 0.05) is 36.3 Å². The number of anilines is 1. The average Bonchev–Trinajstić information content (AvgIpc) is 3.16. The van der Waals surface area contributed by atoms with Crippen LogP contribution < -0.4 is 10.2 Å². The van der Waals surface area contributed by atoms with E-state index in [1.165, 1.54) is 6.33 Å². The number of thiophene rings is 1. The molecule has 0 spiro atoms. The summed E-state index contributed by atoms with van der Waals surface area (Å²) in [6.45, 7) is 3.35. The van der Waals surface area contributed by atoms with Crippen LogP contribution in [0.25, 0.3) is 0 Å². The quantitative estimate of drug-likeness (QED) is 0.859. The maximum absolute atomic E-state index is 12.0. The number of β-amino-alcohol motifs (C(OH)–C–C–N with tert-alkyl or cyclic N) is 1. The molecule has 0 unspecified atom stereocenters. The lowest BCUT2D eigenvalue weighted by Gasteiger charge is -2.24. The van der Waals surface area contributed by atoms with Gasteiger partial charge in [0.15, 0.2) is 0 Å². The molecule has 6 nitrogen and oxygen atoms in total. The van der Waals surface area contributed by atoms with Gasteiger partial charge in [-0.1, -0.05) is 6.07 Å². The summed E-state index contributed by atoms with van der Waals surface area (Å²) in [6, 6.07) is 5.77. The molecule has 3 heterocycles. The van der Waals surface area contributed by atoms with Crippen molar-refractivity contribution in [1.29, 1.82) is 0 Å². The molecule has 1 fully saturated rings. The van der Waals surface area contributed by atoms with E-state index in [0.29, 0.717) is 25.9 Å². The Morgan fingerprint density at radius 1 is 1.52 bits per heavy atom. The Bertz CT molecular complexity index is 676. The van der Waals surface area contributed by atoms with Crippen LogP contribution in [0.4, 0.5) is 5.82 Å². The number of rotatable bonds is 5. The van der Waals surface area contributed by atoms with Gasteiger partial charge in [-0.05, 0) is 24.8 Å². The van der Waals surface area contributed by atoms with Gasteiger partial charge in [-0.25, -0.2) is 9.97 Å². The van der Waals surface area contributed by atoms with Gasteiger partial charge < -0.3 is 15.3 Å². The third kappa shape index (κ3) is 4.05. The normalized spacial score (nSPS) is 20.7. The molecule has 2 N–H and O–H groups in total. The highest BCUT2D eigenvalue weighted by molar-refractivity contribution is 7.10. The molecular weight excluding hydrogens is 312 g/mol. The van der Waals surface area contributed by atoms with Crippen molar-refractivity contribution < 1.29 is 9.90 Å². The Kier molecular flexibility index (Phi) is 4.58. The van der Waals surface area contributed by atoms with Crippen LogP contribution in [0.3, 0.4) is 0 Å². The minimum atomic E-state index is -0.913. The van der Waals surface area contributed by atoms with Crippen molar-refractivity contribution in [2.75, 3.05) is 24.5 Å². The van der Waals surface area contributed by atoms with Crippen molar-refractivity contribution in [3.63, 3.8) is 0 Å². The zero-order chi connectivity index (χ0) is 16.3. The lowest BCUT2D eigenvalue weighted by molar-refractivity contribution is -0.121. The lowest BCUT2D eigenvalue weighted by atomic mass is 10.0. The molecule has 0 radical (unpaired) electrons. The molecule has 0 aromatic carbocycles. The van der Waals surface area contributed by atoms with E-state index in [0.717, 1.165) is 16.4 Å². The first kappa shape index (κ1) is 15.9. The predicted molar refractivity (Wildman–Crippen MR) is 89.6 cm³/mol. The summed E-state index contributed by atoms with van der Waals surface area (Å²) in [6.07, 6.45) is 2.50. The van der Waals surface area contributed by atoms with E-state index in [4.69, 9.17) is 0 Å². The van der Waals surface area contributed by atoms with Crippen LogP contribution in [0, 0.1) is 6.92 Å². The molecule has 23 heavy (non-hydrogen) atoms. The topological polar surface area (TPSA) is 78.4 Å². The zero-order valence-electron chi connectivity index (χ0n) is 13.0. The Hall–Kier alpha value is -1.99. The van der Waals surface area contributed by atoms with Crippen molar-refractivity contribution in [3.05, 3.63) is 40.5 Å². The van der Waals surface area contributed by atoms with Crippen LogP contribution in [0.5, 0.6) is 0 Å². The first-order valence-corrected chi connectivity index (χ1v) is 8.47. The number of carbonyl (C=O) groups excluding carboxylic acids is 1. The minimum absolute atomic E-state index is 0.0581. The molecule has 2 aromatic rings. The second kappa shape index (κ2) is 6.64. The predicted octanol–water partition coefficient (Wildman–Crippen LogP) is 1.15. The fourth-order valence-corrected chi connectivity index (χ4v) is 3.41. The Labute approximate surface area is 139 Å². The van der Waals surface area contributed by atoms with Crippen molar-refractivity contribution >= 4 is 23.1 Å². The monoisotopic (exact) mass is 332 g/mol. The fourth-order valence-electron chi connectivity index (χ4n) is 2.71. The molecular formula is C16H20N4O2S. The Balaban J connectivity index is 1.53. The molecule has 122 valence electrons. The van der Waals surface area contributed by atoms with Gasteiger partial charge in [-0.2, -0.15) is 0 Å². The second-order valence-corrected chi connectivity index (χ2v) is 6.98. The third-order valence-corrected chi connectivity index (χ3v) is 4.85. The van der Waals surface area contributed by atoms with E-state index in [-0.39, 0.29) is 12.5 Å². The number of carbonyl (C=O) groups is 1. The van der Waals surface area contributed by atoms with Crippen LogP contribution in [-0.4, -0.2) is 46.2 Å². The summed E-state index contributed by atoms with van der Waals surface area (Å²) in [4.78, 5) is 23.3. The smallest absolute Gasteiger partial charge is 0.225 e. The fraction of sp³-hybridized carbons (Fsp3) is 0.438. The third-order valence-electron chi connectivity index (χ3n) is 3.98. The summed E-state index contributed by atoms with van der Waals surface area (Å²) in [5, 5.41) is 15.5. The van der Waals surface area contributed by atoms with Crippen LogP contribution in [0.2, 0.25) is 0 Å². The molecule has 2 aromatic heterocycles. The highest BCUT2D eigenvalue weighted by Gasteiger charge is 2.37. The summed E-state index contributed by atoms with van der Waals surface area (Å²) < 4.78 is 0. The molecule has 1 aliphatic heterocycles. The lowest BCUT2D eigenvalue weighted by Crippen LogP contribution is -2.45. The molecule has 3 rings (SSSR count). The molecule has 0 bridgehead atoms. The number of aromatic nitrogens is 2. The molecule has 0 aliphatic carbocycles. The Morgan fingerprint density at radius 3 is 3.13 bits per heavy atom. The number of amides is 1. The van der Waals surface area contributed by atoms with E-state index < -0.39 is 5.60 Å². The number of hydrogen-bond donors (Lipinski definition) is 2.